The van der Waals surface area contributed by atoms with Crippen molar-refractivity contribution in [2.24, 2.45) is 0 Å². The Morgan fingerprint density at radius 3 is 2.42 bits per heavy atom. The molecule has 2 aromatic carbocycles. The first-order valence-corrected chi connectivity index (χ1v) is 10.0. The largest absolute Gasteiger partial charge is 0.392 e. The minimum absolute atomic E-state index is 0.0598. The molecule has 0 saturated carbocycles. The van der Waals surface area contributed by atoms with Gasteiger partial charge in [-0.1, -0.05) is 73.6 Å². The quantitative estimate of drug-likeness (QED) is 0.541. The van der Waals surface area contributed by atoms with Gasteiger partial charge >= 0.3 is 0 Å². The minimum atomic E-state index is 0.0598. The van der Waals surface area contributed by atoms with Crippen molar-refractivity contribution in [1.29, 1.82) is 0 Å². The van der Waals surface area contributed by atoms with Crippen LogP contribution >= 0.6 is 23.4 Å². The Hall–Kier alpha value is -1.68. The van der Waals surface area contributed by atoms with E-state index in [1.54, 1.807) is 11.8 Å². The zero-order valence-corrected chi connectivity index (χ0v) is 16.9. The lowest BCUT2D eigenvalue weighted by Crippen LogP contribution is -2.04. The van der Waals surface area contributed by atoms with E-state index in [2.05, 4.69) is 55.7 Å². The molecule has 0 aliphatic heterocycles. The fourth-order valence-electron chi connectivity index (χ4n) is 3.29. The zero-order valence-electron chi connectivity index (χ0n) is 15.4. The van der Waals surface area contributed by atoms with E-state index in [0.29, 0.717) is 5.92 Å². The number of nitrogens with zero attached hydrogens (tertiary/aromatic N) is 1. The molecule has 0 atom stereocenters. The van der Waals surface area contributed by atoms with Gasteiger partial charge in [0.05, 0.1) is 11.6 Å². The summed E-state index contributed by atoms with van der Waals surface area (Å²) < 4.78 is 2.32. The Morgan fingerprint density at radius 1 is 1.08 bits per heavy atom. The molecule has 136 valence electrons. The predicted octanol–water partition coefficient (Wildman–Crippen LogP) is 6.27. The molecule has 1 N–H and O–H groups in total. The van der Waals surface area contributed by atoms with E-state index in [1.165, 1.54) is 16.2 Å². The summed E-state index contributed by atoms with van der Waals surface area (Å²) in [4.78, 5) is 1.11. The van der Waals surface area contributed by atoms with Crippen LogP contribution in [0, 0.1) is 6.92 Å². The second kappa shape index (κ2) is 8.34. The van der Waals surface area contributed by atoms with Crippen molar-refractivity contribution in [3.05, 3.63) is 82.0 Å². The van der Waals surface area contributed by atoms with E-state index >= 15 is 0 Å². The summed E-state index contributed by atoms with van der Waals surface area (Å²) in [5.74, 6) is 0.328. The summed E-state index contributed by atoms with van der Waals surface area (Å²) in [5, 5.41) is 11.9. The van der Waals surface area contributed by atoms with E-state index in [1.807, 2.05) is 24.3 Å². The van der Waals surface area contributed by atoms with Crippen LogP contribution in [0.25, 0.3) is 0 Å². The van der Waals surface area contributed by atoms with Crippen LogP contribution in [0.3, 0.4) is 0 Å². The van der Waals surface area contributed by atoms with Gasteiger partial charge in [-0.3, -0.25) is 0 Å². The molecular weight excluding hydrogens is 362 g/mol. The van der Waals surface area contributed by atoms with Gasteiger partial charge in [0.15, 0.2) is 0 Å². The summed E-state index contributed by atoms with van der Waals surface area (Å²) in [6.07, 6.45) is 0. The first-order valence-electron chi connectivity index (χ1n) is 8.81. The van der Waals surface area contributed by atoms with E-state index < -0.39 is 0 Å². The van der Waals surface area contributed by atoms with Gasteiger partial charge in [-0.25, -0.2) is 0 Å². The predicted molar refractivity (Wildman–Crippen MR) is 110 cm³/mol. The number of aliphatic hydroxyl groups is 1. The van der Waals surface area contributed by atoms with Gasteiger partial charge < -0.3 is 9.67 Å². The van der Waals surface area contributed by atoms with Gasteiger partial charge in [0.25, 0.3) is 0 Å². The van der Waals surface area contributed by atoms with Crippen molar-refractivity contribution in [1.82, 2.24) is 4.57 Å². The maximum absolute atomic E-state index is 10.0. The maximum Gasteiger partial charge on any atom is 0.0840 e. The zero-order chi connectivity index (χ0) is 18.7. The van der Waals surface area contributed by atoms with E-state index in [4.69, 9.17) is 11.6 Å². The fourth-order valence-corrected chi connectivity index (χ4v) is 4.88. The van der Waals surface area contributed by atoms with Gasteiger partial charge in [0, 0.05) is 27.7 Å². The second-order valence-corrected chi connectivity index (χ2v) is 8.23. The van der Waals surface area contributed by atoms with Crippen LogP contribution in [0.5, 0.6) is 0 Å². The number of benzene rings is 2. The first-order chi connectivity index (χ1) is 12.5. The monoisotopic (exact) mass is 385 g/mol. The normalized spacial score (nSPS) is 11.3. The summed E-state index contributed by atoms with van der Waals surface area (Å²) in [5.41, 5.74) is 4.65. The molecular formula is C22H24ClNOS. The van der Waals surface area contributed by atoms with Crippen molar-refractivity contribution < 1.29 is 5.11 Å². The number of aromatic nitrogens is 1. The van der Waals surface area contributed by atoms with Crippen LogP contribution in [0.4, 0.5) is 0 Å². The van der Waals surface area contributed by atoms with E-state index in [-0.39, 0.29) is 6.61 Å². The highest BCUT2D eigenvalue weighted by molar-refractivity contribution is 7.99. The van der Waals surface area contributed by atoms with Gasteiger partial charge in [-0.2, -0.15) is 0 Å². The smallest absolute Gasteiger partial charge is 0.0840 e. The number of aliphatic hydroxyl groups excluding tert-OH is 1. The van der Waals surface area contributed by atoms with Crippen molar-refractivity contribution in [2.45, 2.75) is 49.8 Å². The van der Waals surface area contributed by atoms with Crippen LogP contribution in [-0.2, 0) is 13.2 Å². The third-order valence-corrected chi connectivity index (χ3v) is 5.93. The third-order valence-electron chi connectivity index (χ3n) is 4.57. The molecule has 0 spiro atoms. The topological polar surface area (TPSA) is 25.2 Å². The van der Waals surface area contributed by atoms with Crippen molar-refractivity contribution in [2.75, 3.05) is 0 Å². The molecule has 3 rings (SSSR count). The fraction of sp³-hybridized carbons (Fsp3) is 0.273. The molecule has 0 saturated heterocycles. The molecule has 0 amide bonds. The molecule has 1 aromatic heterocycles. The summed E-state index contributed by atoms with van der Waals surface area (Å²) in [6.45, 7) is 7.31. The van der Waals surface area contributed by atoms with Crippen molar-refractivity contribution in [3.8, 4) is 0 Å². The number of hydrogen-bond acceptors (Lipinski definition) is 2. The van der Waals surface area contributed by atoms with Gasteiger partial charge in [-0.05, 0) is 42.2 Å². The molecule has 1 heterocycles. The lowest BCUT2D eigenvalue weighted by atomic mass is 10.0. The number of rotatable bonds is 6. The third kappa shape index (κ3) is 4.01. The van der Waals surface area contributed by atoms with Crippen LogP contribution < -0.4 is 0 Å². The highest BCUT2D eigenvalue weighted by Crippen LogP contribution is 2.40. The van der Waals surface area contributed by atoms with Crippen molar-refractivity contribution in [3.63, 3.8) is 0 Å². The molecule has 0 aliphatic rings. The average Bonchev–Trinajstić information content (AvgIpc) is 2.88. The maximum atomic E-state index is 10.0. The van der Waals surface area contributed by atoms with Crippen LogP contribution in [0.2, 0.25) is 5.02 Å². The molecule has 0 fully saturated rings. The first kappa shape index (κ1) is 19.1. The Kier molecular flexibility index (Phi) is 6.13. The Bertz CT molecular complexity index is 887. The number of halogens is 1. The highest BCUT2D eigenvalue weighted by Gasteiger charge is 2.23. The molecule has 0 aliphatic carbocycles. The number of hydrogen-bond donors (Lipinski definition) is 1. The molecule has 0 radical (unpaired) electrons. The molecule has 0 bridgehead atoms. The molecule has 2 nitrogen and oxygen atoms in total. The standard InChI is InChI=1S/C22H24ClNOS/c1-15(2)21-20(14-25)16(3)24(13-17-8-5-4-6-9-17)22(21)26-19-11-7-10-18(23)12-19/h4-12,15,25H,13-14H2,1-3H3. The molecule has 4 heteroatoms. The van der Waals surface area contributed by atoms with E-state index in [0.717, 1.165) is 27.7 Å². The Labute approximate surface area is 164 Å². The molecule has 0 unspecified atom stereocenters. The van der Waals surface area contributed by atoms with Crippen LogP contribution in [-0.4, -0.2) is 9.67 Å². The van der Waals surface area contributed by atoms with Crippen molar-refractivity contribution >= 4 is 23.4 Å². The van der Waals surface area contributed by atoms with Crippen LogP contribution in [0.15, 0.2) is 64.5 Å². The average molecular weight is 386 g/mol. The van der Waals surface area contributed by atoms with Crippen LogP contribution in [0.1, 0.15) is 42.1 Å². The van der Waals surface area contributed by atoms with E-state index in [9.17, 15) is 5.11 Å². The minimum Gasteiger partial charge on any atom is -0.392 e. The summed E-state index contributed by atoms with van der Waals surface area (Å²) >= 11 is 7.91. The summed E-state index contributed by atoms with van der Waals surface area (Å²) in [7, 11) is 0. The Balaban J connectivity index is 2.12. The van der Waals surface area contributed by atoms with Gasteiger partial charge in [0.2, 0.25) is 0 Å². The SMILES string of the molecule is Cc1c(CO)c(C(C)C)c(Sc2cccc(Cl)c2)n1Cc1ccccc1. The lowest BCUT2D eigenvalue weighted by molar-refractivity contribution is 0.279. The van der Waals surface area contributed by atoms with Gasteiger partial charge in [-0.15, -0.1) is 0 Å². The second-order valence-electron chi connectivity index (χ2n) is 6.73. The highest BCUT2D eigenvalue weighted by atomic mass is 35.5. The Morgan fingerprint density at radius 2 is 1.81 bits per heavy atom. The molecule has 26 heavy (non-hydrogen) atoms. The molecule has 3 aromatic rings. The van der Waals surface area contributed by atoms with Gasteiger partial charge in [0.1, 0.15) is 0 Å². The summed E-state index contributed by atoms with van der Waals surface area (Å²) in [6, 6.07) is 18.4. The lowest BCUT2D eigenvalue weighted by Gasteiger charge is -2.14.